The van der Waals surface area contributed by atoms with Crippen LogP contribution in [-0.4, -0.2) is 29.7 Å². The van der Waals surface area contributed by atoms with Crippen LogP contribution in [0.15, 0.2) is 6.20 Å². The standard InChI is InChI=1S/C11H13ClF3N3O/c12-10-9(11(13,14)15)17-6-8(18-10)16-5-7-1-3-19-4-2-7/h6-7H,1-5H2,(H,16,18). The summed E-state index contributed by atoms with van der Waals surface area (Å²) in [6.45, 7) is 2.05. The van der Waals surface area contributed by atoms with Gasteiger partial charge in [0, 0.05) is 19.8 Å². The molecule has 1 aliphatic heterocycles. The van der Waals surface area contributed by atoms with Gasteiger partial charge in [-0.3, -0.25) is 0 Å². The molecule has 0 spiro atoms. The van der Waals surface area contributed by atoms with Gasteiger partial charge in [0.15, 0.2) is 10.8 Å². The van der Waals surface area contributed by atoms with Crippen molar-refractivity contribution in [3.05, 3.63) is 17.0 Å². The van der Waals surface area contributed by atoms with Crippen LogP contribution in [-0.2, 0) is 10.9 Å². The number of hydrogen-bond acceptors (Lipinski definition) is 4. The molecule has 0 unspecified atom stereocenters. The van der Waals surface area contributed by atoms with Gasteiger partial charge in [-0.2, -0.15) is 13.2 Å². The highest BCUT2D eigenvalue weighted by Gasteiger charge is 2.36. The Balaban J connectivity index is 1.96. The first-order valence-electron chi connectivity index (χ1n) is 5.88. The second-order valence-corrected chi connectivity index (χ2v) is 4.69. The topological polar surface area (TPSA) is 47.0 Å². The van der Waals surface area contributed by atoms with Gasteiger partial charge in [-0.1, -0.05) is 11.6 Å². The van der Waals surface area contributed by atoms with Crippen LogP contribution in [0.3, 0.4) is 0 Å². The molecule has 0 aromatic carbocycles. The van der Waals surface area contributed by atoms with Gasteiger partial charge in [0.2, 0.25) is 0 Å². The van der Waals surface area contributed by atoms with Gasteiger partial charge in [0.05, 0.1) is 6.20 Å². The third kappa shape index (κ3) is 3.94. The molecule has 2 rings (SSSR count). The van der Waals surface area contributed by atoms with Crippen molar-refractivity contribution in [2.24, 2.45) is 5.92 Å². The SMILES string of the molecule is FC(F)(F)c1ncc(NCC2CCOCC2)nc1Cl. The highest BCUT2D eigenvalue weighted by molar-refractivity contribution is 6.30. The molecule has 4 nitrogen and oxygen atoms in total. The summed E-state index contributed by atoms with van der Waals surface area (Å²) in [4.78, 5) is 6.97. The number of nitrogens with zero attached hydrogens (tertiary/aromatic N) is 2. The Labute approximate surface area is 113 Å². The van der Waals surface area contributed by atoms with E-state index in [0.717, 1.165) is 19.0 Å². The molecule has 0 aliphatic carbocycles. The number of alkyl halides is 3. The highest BCUT2D eigenvalue weighted by Crippen LogP contribution is 2.32. The molecule has 1 fully saturated rings. The van der Waals surface area contributed by atoms with E-state index < -0.39 is 17.0 Å². The van der Waals surface area contributed by atoms with Gasteiger partial charge < -0.3 is 10.1 Å². The van der Waals surface area contributed by atoms with Crippen LogP contribution in [0.4, 0.5) is 19.0 Å². The monoisotopic (exact) mass is 295 g/mol. The lowest BCUT2D eigenvalue weighted by molar-refractivity contribution is -0.141. The predicted octanol–water partition coefficient (Wildman–Crippen LogP) is 2.99. The first-order valence-corrected chi connectivity index (χ1v) is 6.26. The van der Waals surface area contributed by atoms with Gasteiger partial charge in [0.1, 0.15) is 5.82 Å². The van der Waals surface area contributed by atoms with Gasteiger partial charge in [-0.25, -0.2) is 9.97 Å². The number of anilines is 1. The Morgan fingerprint density at radius 3 is 2.63 bits per heavy atom. The highest BCUT2D eigenvalue weighted by atomic mass is 35.5. The van der Waals surface area contributed by atoms with Crippen molar-refractivity contribution in [2.45, 2.75) is 19.0 Å². The minimum Gasteiger partial charge on any atom is -0.381 e. The smallest absolute Gasteiger partial charge is 0.381 e. The fourth-order valence-corrected chi connectivity index (χ4v) is 2.09. The van der Waals surface area contributed by atoms with Crippen LogP contribution >= 0.6 is 11.6 Å². The van der Waals surface area contributed by atoms with E-state index >= 15 is 0 Å². The van der Waals surface area contributed by atoms with E-state index in [0.29, 0.717) is 25.7 Å². The maximum absolute atomic E-state index is 12.4. The summed E-state index contributed by atoms with van der Waals surface area (Å²) in [7, 11) is 0. The second kappa shape index (κ2) is 5.92. The molecular weight excluding hydrogens is 283 g/mol. The molecule has 19 heavy (non-hydrogen) atoms. The van der Waals surface area contributed by atoms with Crippen molar-refractivity contribution in [1.29, 1.82) is 0 Å². The minimum atomic E-state index is -4.58. The summed E-state index contributed by atoms with van der Waals surface area (Å²) < 4.78 is 42.5. The summed E-state index contributed by atoms with van der Waals surface area (Å²) in [5, 5.41) is 2.32. The van der Waals surface area contributed by atoms with Crippen molar-refractivity contribution in [2.75, 3.05) is 25.1 Å². The number of nitrogens with one attached hydrogen (secondary N) is 1. The molecule has 8 heteroatoms. The first kappa shape index (κ1) is 14.3. The van der Waals surface area contributed by atoms with Crippen molar-refractivity contribution in [3.8, 4) is 0 Å². The second-order valence-electron chi connectivity index (χ2n) is 4.33. The average Bonchev–Trinajstić information content (AvgIpc) is 2.36. The summed E-state index contributed by atoms with van der Waals surface area (Å²) in [6, 6.07) is 0. The molecule has 1 saturated heterocycles. The minimum absolute atomic E-state index is 0.254. The summed E-state index contributed by atoms with van der Waals surface area (Å²) in [5.74, 6) is 0.682. The Morgan fingerprint density at radius 2 is 2.05 bits per heavy atom. The van der Waals surface area contributed by atoms with Crippen LogP contribution in [0, 0.1) is 5.92 Å². The molecular formula is C11H13ClF3N3O. The number of aromatic nitrogens is 2. The summed E-state index contributed by atoms with van der Waals surface area (Å²) >= 11 is 5.48. The van der Waals surface area contributed by atoms with E-state index in [-0.39, 0.29) is 5.82 Å². The van der Waals surface area contributed by atoms with Crippen molar-refractivity contribution in [1.82, 2.24) is 9.97 Å². The molecule has 0 saturated carbocycles. The van der Waals surface area contributed by atoms with Gasteiger partial charge in [-0.05, 0) is 18.8 Å². The van der Waals surface area contributed by atoms with Gasteiger partial charge in [-0.15, -0.1) is 0 Å². The fraction of sp³-hybridized carbons (Fsp3) is 0.636. The van der Waals surface area contributed by atoms with E-state index in [2.05, 4.69) is 15.3 Å². The maximum Gasteiger partial charge on any atom is 0.436 e. The summed E-state index contributed by atoms with van der Waals surface area (Å²) in [5.41, 5.74) is -1.16. The zero-order chi connectivity index (χ0) is 13.9. The zero-order valence-electron chi connectivity index (χ0n) is 10.0. The van der Waals surface area contributed by atoms with Crippen molar-refractivity contribution < 1.29 is 17.9 Å². The molecule has 1 aromatic heterocycles. The van der Waals surface area contributed by atoms with Crippen LogP contribution in [0.2, 0.25) is 5.15 Å². The maximum atomic E-state index is 12.4. The molecule has 1 aromatic rings. The normalized spacial score (nSPS) is 17.5. The Kier molecular flexibility index (Phi) is 4.46. The van der Waals surface area contributed by atoms with Crippen LogP contribution < -0.4 is 5.32 Å². The van der Waals surface area contributed by atoms with E-state index in [1.54, 1.807) is 0 Å². The van der Waals surface area contributed by atoms with Gasteiger partial charge >= 0.3 is 6.18 Å². The molecule has 0 radical (unpaired) electrons. The summed E-state index contributed by atoms with van der Waals surface area (Å²) in [6.07, 6.45) is -1.68. The van der Waals surface area contributed by atoms with Crippen LogP contribution in [0.25, 0.3) is 0 Å². The molecule has 0 amide bonds. The number of ether oxygens (including phenoxy) is 1. The van der Waals surface area contributed by atoms with E-state index in [1.807, 2.05) is 0 Å². The average molecular weight is 296 g/mol. The molecule has 2 heterocycles. The number of rotatable bonds is 3. The van der Waals surface area contributed by atoms with Gasteiger partial charge in [0.25, 0.3) is 0 Å². The fourth-order valence-electron chi connectivity index (χ4n) is 1.84. The Morgan fingerprint density at radius 1 is 1.37 bits per heavy atom. The third-order valence-corrected chi connectivity index (χ3v) is 3.17. The van der Waals surface area contributed by atoms with Crippen LogP contribution in [0.5, 0.6) is 0 Å². The molecule has 1 N–H and O–H groups in total. The molecule has 0 atom stereocenters. The zero-order valence-corrected chi connectivity index (χ0v) is 10.8. The largest absolute Gasteiger partial charge is 0.436 e. The Bertz CT molecular complexity index is 436. The third-order valence-electron chi connectivity index (χ3n) is 2.91. The number of hydrogen-bond donors (Lipinski definition) is 1. The quantitative estimate of drug-likeness (QED) is 0.931. The first-order chi connectivity index (χ1) is 8.97. The van der Waals surface area contributed by atoms with Crippen molar-refractivity contribution >= 4 is 17.4 Å². The lowest BCUT2D eigenvalue weighted by Gasteiger charge is -2.22. The lowest BCUT2D eigenvalue weighted by Crippen LogP contribution is -2.23. The molecule has 106 valence electrons. The van der Waals surface area contributed by atoms with Crippen molar-refractivity contribution in [3.63, 3.8) is 0 Å². The lowest BCUT2D eigenvalue weighted by atomic mass is 10.0. The van der Waals surface area contributed by atoms with E-state index in [9.17, 15) is 13.2 Å². The van der Waals surface area contributed by atoms with E-state index in [4.69, 9.17) is 16.3 Å². The predicted molar refractivity (Wildman–Crippen MR) is 64.1 cm³/mol. The molecule has 0 bridgehead atoms. The number of halogens is 4. The Hall–Kier alpha value is -1.08. The van der Waals surface area contributed by atoms with E-state index in [1.165, 1.54) is 0 Å². The van der Waals surface area contributed by atoms with Crippen LogP contribution in [0.1, 0.15) is 18.5 Å². The molecule has 1 aliphatic rings.